The molecule has 1 saturated heterocycles. The zero-order chi connectivity index (χ0) is 23.9. The number of likely N-dealkylation sites (tertiary alicyclic amines) is 1. The molecule has 1 amide bonds. The Morgan fingerprint density at radius 2 is 2.03 bits per heavy atom. The molecule has 1 atom stereocenters. The van der Waals surface area contributed by atoms with E-state index >= 15 is 0 Å². The number of halogens is 3. The SMILES string of the molecule is [2H]C[C@@]([2H])(C)c1cnc2c(NC3CCN(C(=O)OC(C)(C)C)CC3)cc(C(F)(F)F)cn12. The monoisotopic (exact) mass is 428 g/mol. The Labute approximate surface area is 177 Å². The number of hydrogen-bond donors (Lipinski definition) is 1. The van der Waals surface area contributed by atoms with Crippen molar-refractivity contribution in [3.8, 4) is 0 Å². The highest BCUT2D eigenvalue weighted by molar-refractivity contribution is 5.70. The molecule has 0 radical (unpaired) electrons. The first kappa shape index (κ1) is 19.5. The number of imidazole rings is 1. The van der Waals surface area contributed by atoms with Crippen LogP contribution in [0, 0.1) is 0 Å². The summed E-state index contributed by atoms with van der Waals surface area (Å²) in [6.45, 7) is 7.38. The van der Waals surface area contributed by atoms with E-state index in [2.05, 4.69) is 10.3 Å². The van der Waals surface area contributed by atoms with Crippen molar-refractivity contribution in [2.24, 2.45) is 0 Å². The molecule has 1 fully saturated rings. The maximum Gasteiger partial charge on any atom is 0.417 e. The Kier molecular flexibility index (Phi) is 5.20. The number of piperidine rings is 1. The molecule has 2 aromatic rings. The second-order valence-electron chi connectivity index (χ2n) is 8.64. The number of carbonyl (C=O) groups excluding carboxylic acids is 1. The van der Waals surface area contributed by atoms with Crippen LogP contribution in [0.2, 0.25) is 0 Å². The van der Waals surface area contributed by atoms with Gasteiger partial charge in [0.1, 0.15) is 5.60 Å². The minimum atomic E-state index is -4.58. The lowest BCUT2D eigenvalue weighted by molar-refractivity contribution is -0.137. The van der Waals surface area contributed by atoms with Crippen molar-refractivity contribution in [3.63, 3.8) is 0 Å². The molecule has 3 heterocycles. The van der Waals surface area contributed by atoms with Gasteiger partial charge in [-0.2, -0.15) is 13.2 Å². The zero-order valence-corrected chi connectivity index (χ0v) is 17.6. The number of aromatic nitrogens is 2. The predicted molar refractivity (Wildman–Crippen MR) is 109 cm³/mol. The maximum absolute atomic E-state index is 13.6. The van der Waals surface area contributed by atoms with E-state index in [1.165, 1.54) is 17.5 Å². The highest BCUT2D eigenvalue weighted by atomic mass is 19.4. The minimum Gasteiger partial charge on any atom is -0.444 e. The van der Waals surface area contributed by atoms with Gasteiger partial charge >= 0.3 is 12.3 Å². The lowest BCUT2D eigenvalue weighted by atomic mass is 10.0. The van der Waals surface area contributed by atoms with Crippen LogP contribution in [-0.4, -0.2) is 45.1 Å². The van der Waals surface area contributed by atoms with Gasteiger partial charge in [-0.25, -0.2) is 9.78 Å². The van der Waals surface area contributed by atoms with Crippen LogP contribution in [-0.2, 0) is 10.9 Å². The van der Waals surface area contributed by atoms with Crippen molar-refractivity contribution in [2.45, 2.75) is 71.1 Å². The summed E-state index contributed by atoms with van der Waals surface area (Å²) < 4.78 is 63.2. The van der Waals surface area contributed by atoms with Gasteiger partial charge in [0, 0.05) is 40.0 Å². The Bertz CT molecular complexity index is 978. The average molecular weight is 428 g/mol. The number of nitrogens with one attached hydrogen (secondary N) is 1. The normalized spacial score (nSPS) is 19.2. The quantitative estimate of drug-likeness (QED) is 0.722. The predicted octanol–water partition coefficient (Wildman–Crippen LogP) is 5.29. The molecular weight excluding hydrogens is 397 g/mol. The van der Waals surface area contributed by atoms with Crippen LogP contribution in [0.1, 0.15) is 67.3 Å². The molecule has 0 bridgehead atoms. The fourth-order valence-electron chi connectivity index (χ4n) is 3.42. The number of amides is 1. The van der Waals surface area contributed by atoms with E-state index in [1.807, 2.05) is 0 Å². The number of pyridine rings is 1. The number of ether oxygens (including phenoxy) is 1. The van der Waals surface area contributed by atoms with Gasteiger partial charge in [-0.15, -0.1) is 0 Å². The molecule has 1 N–H and O–H groups in total. The largest absolute Gasteiger partial charge is 0.444 e. The van der Waals surface area contributed by atoms with E-state index in [0.29, 0.717) is 25.9 Å². The number of hydrogen-bond acceptors (Lipinski definition) is 4. The summed E-state index contributed by atoms with van der Waals surface area (Å²) in [5, 5.41) is 3.16. The van der Waals surface area contributed by atoms with Gasteiger partial charge in [0.15, 0.2) is 5.65 Å². The molecule has 3 rings (SSSR count). The van der Waals surface area contributed by atoms with E-state index in [0.717, 1.165) is 12.3 Å². The molecule has 2 aromatic heterocycles. The summed E-state index contributed by atoms with van der Waals surface area (Å²) in [4.78, 5) is 18.1. The summed E-state index contributed by atoms with van der Waals surface area (Å²) in [7, 11) is 0. The van der Waals surface area contributed by atoms with Crippen LogP contribution in [0.25, 0.3) is 5.65 Å². The third-order valence-corrected chi connectivity index (χ3v) is 4.88. The lowest BCUT2D eigenvalue weighted by Crippen LogP contribution is -2.44. The maximum atomic E-state index is 13.6. The summed E-state index contributed by atoms with van der Waals surface area (Å²) in [6.07, 6.45) is -1.62. The Hall–Kier alpha value is -2.45. The van der Waals surface area contributed by atoms with Crippen molar-refractivity contribution in [2.75, 3.05) is 18.4 Å². The molecule has 0 aliphatic carbocycles. The minimum absolute atomic E-state index is 0.153. The number of rotatable bonds is 3. The van der Waals surface area contributed by atoms with Crippen LogP contribution in [0.15, 0.2) is 18.5 Å². The first-order valence-electron chi connectivity index (χ1n) is 11.0. The van der Waals surface area contributed by atoms with Crippen molar-refractivity contribution in [1.29, 1.82) is 0 Å². The molecule has 166 valence electrons. The molecular formula is C21H29F3N4O2. The van der Waals surface area contributed by atoms with E-state index in [9.17, 15) is 18.0 Å². The number of fused-ring (bicyclic) bond motifs is 1. The summed E-state index contributed by atoms with van der Waals surface area (Å²) in [6, 6.07) is 0.869. The first-order chi connectivity index (χ1) is 14.7. The van der Waals surface area contributed by atoms with Gasteiger partial charge in [-0.1, -0.05) is 13.8 Å². The Balaban J connectivity index is 1.84. The molecule has 0 unspecified atom stereocenters. The third kappa shape index (κ3) is 4.99. The Morgan fingerprint density at radius 3 is 2.60 bits per heavy atom. The van der Waals surface area contributed by atoms with Crippen molar-refractivity contribution in [1.82, 2.24) is 14.3 Å². The zero-order valence-electron chi connectivity index (χ0n) is 19.6. The summed E-state index contributed by atoms with van der Waals surface area (Å²) in [5.41, 5.74) is -0.758. The second kappa shape index (κ2) is 8.00. The molecule has 1 aliphatic rings. The van der Waals surface area contributed by atoms with Crippen LogP contribution in [0.5, 0.6) is 0 Å². The van der Waals surface area contributed by atoms with E-state index in [1.54, 1.807) is 25.7 Å². The fraction of sp³-hybridized carbons (Fsp3) is 0.619. The molecule has 9 heteroatoms. The Morgan fingerprint density at radius 1 is 1.37 bits per heavy atom. The smallest absolute Gasteiger partial charge is 0.417 e. The molecule has 6 nitrogen and oxygen atoms in total. The average Bonchev–Trinajstić information content (AvgIpc) is 3.12. The number of carbonyl (C=O) groups is 1. The summed E-state index contributed by atoms with van der Waals surface area (Å²) >= 11 is 0. The highest BCUT2D eigenvalue weighted by Crippen LogP contribution is 2.34. The van der Waals surface area contributed by atoms with Gasteiger partial charge in [-0.05, 0) is 45.6 Å². The first-order valence-corrected chi connectivity index (χ1v) is 9.84. The van der Waals surface area contributed by atoms with Gasteiger partial charge in [0.05, 0.1) is 11.3 Å². The van der Waals surface area contributed by atoms with Gasteiger partial charge in [-0.3, -0.25) is 0 Å². The van der Waals surface area contributed by atoms with Gasteiger partial charge in [0.2, 0.25) is 0 Å². The van der Waals surface area contributed by atoms with Crippen LogP contribution < -0.4 is 5.32 Å². The van der Waals surface area contributed by atoms with E-state index in [-0.39, 0.29) is 30.0 Å². The van der Waals surface area contributed by atoms with Crippen molar-refractivity contribution >= 4 is 17.4 Å². The van der Waals surface area contributed by atoms with Crippen LogP contribution in [0.4, 0.5) is 23.7 Å². The topological polar surface area (TPSA) is 58.9 Å². The van der Waals surface area contributed by atoms with E-state index in [4.69, 9.17) is 7.48 Å². The molecule has 30 heavy (non-hydrogen) atoms. The number of anilines is 1. The molecule has 0 spiro atoms. The van der Waals surface area contributed by atoms with Gasteiger partial charge in [0.25, 0.3) is 0 Å². The van der Waals surface area contributed by atoms with Gasteiger partial charge < -0.3 is 19.4 Å². The van der Waals surface area contributed by atoms with Crippen molar-refractivity contribution in [3.05, 3.63) is 29.7 Å². The molecule has 0 aromatic carbocycles. The standard InChI is InChI=1S/C21H29F3N4O2/c1-13(2)17-11-25-18-16(10-14(12-28(17)18)21(22,23)24)26-15-6-8-27(9-7-15)19(29)30-20(3,4)5/h10-13,15,26H,6-9H2,1-5H3/i1D,13D/t13-/m0/s1. The fourth-order valence-corrected chi connectivity index (χ4v) is 3.42. The third-order valence-electron chi connectivity index (χ3n) is 4.88. The van der Waals surface area contributed by atoms with Crippen molar-refractivity contribution < 1.29 is 25.4 Å². The number of nitrogens with zero attached hydrogens (tertiary/aromatic N) is 3. The van der Waals surface area contributed by atoms with E-state index < -0.39 is 29.3 Å². The molecule has 1 aliphatic heterocycles. The lowest BCUT2D eigenvalue weighted by Gasteiger charge is -2.34. The summed E-state index contributed by atoms with van der Waals surface area (Å²) in [5.74, 6) is -1.40. The molecule has 0 saturated carbocycles. The number of alkyl halides is 3. The van der Waals surface area contributed by atoms with Crippen LogP contribution >= 0.6 is 0 Å². The highest BCUT2D eigenvalue weighted by Gasteiger charge is 2.33. The second-order valence-corrected chi connectivity index (χ2v) is 8.64. The van der Waals surface area contributed by atoms with Crippen LogP contribution in [0.3, 0.4) is 0 Å².